The molecule has 0 aliphatic carbocycles. The molecule has 3 nitrogen and oxygen atoms in total. The van der Waals surface area contributed by atoms with Crippen LogP contribution >= 0.6 is 0 Å². The summed E-state index contributed by atoms with van der Waals surface area (Å²) in [6, 6.07) is 7.34. The van der Waals surface area contributed by atoms with E-state index in [1.807, 2.05) is 0 Å². The Labute approximate surface area is 113 Å². The molecule has 1 amide bonds. The van der Waals surface area contributed by atoms with E-state index in [1.165, 1.54) is 18.2 Å². The predicted octanol–water partition coefficient (Wildman–Crippen LogP) is 2.62. The minimum absolute atomic E-state index is 0.0458. The van der Waals surface area contributed by atoms with E-state index in [0.717, 1.165) is 12.1 Å². The van der Waals surface area contributed by atoms with Gasteiger partial charge in [0.15, 0.2) is 0 Å². The fourth-order valence-corrected chi connectivity index (χ4v) is 1.65. The highest BCUT2D eigenvalue weighted by molar-refractivity contribution is 5.94. The molecule has 0 atom stereocenters. The van der Waals surface area contributed by atoms with Crippen molar-refractivity contribution in [3.63, 3.8) is 0 Å². The highest BCUT2D eigenvalue weighted by Crippen LogP contribution is 2.17. The summed E-state index contributed by atoms with van der Waals surface area (Å²) in [4.78, 5) is 11.7. The van der Waals surface area contributed by atoms with Gasteiger partial charge in [0.05, 0.1) is 0 Å². The third kappa shape index (κ3) is 3.09. The number of amides is 1. The van der Waals surface area contributed by atoms with Crippen molar-refractivity contribution in [1.82, 2.24) is 5.32 Å². The minimum atomic E-state index is -0.999. The molecular formula is C14H11F3N2O. The van der Waals surface area contributed by atoms with Gasteiger partial charge in [-0.25, -0.2) is 13.2 Å². The van der Waals surface area contributed by atoms with Gasteiger partial charge >= 0.3 is 0 Å². The number of hydrogen-bond donors (Lipinski definition) is 2. The van der Waals surface area contributed by atoms with E-state index in [4.69, 9.17) is 5.73 Å². The van der Waals surface area contributed by atoms with Gasteiger partial charge in [-0.2, -0.15) is 0 Å². The summed E-state index contributed by atoms with van der Waals surface area (Å²) in [5.74, 6) is -3.10. The van der Waals surface area contributed by atoms with Gasteiger partial charge in [-0.3, -0.25) is 4.79 Å². The average molecular weight is 280 g/mol. The van der Waals surface area contributed by atoms with E-state index in [-0.39, 0.29) is 12.1 Å². The fourth-order valence-electron chi connectivity index (χ4n) is 1.65. The van der Waals surface area contributed by atoms with Gasteiger partial charge < -0.3 is 11.1 Å². The van der Waals surface area contributed by atoms with Crippen molar-refractivity contribution in [2.45, 2.75) is 6.54 Å². The van der Waals surface area contributed by atoms with Gasteiger partial charge in [-0.05, 0) is 29.8 Å². The SMILES string of the molecule is Nc1c(F)cc(C(=O)NCc2cccc(F)c2)cc1F. The van der Waals surface area contributed by atoms with Crippen LogP contribution < -0.4 is 11.1 Å². The van der Waals surface area contributed by atoms with Crippen LogP contribution in [-0.2, 0) is 6.54 Å². The molecule has 0 bridgehead atoms. The van der Waals surface area contributed by atoms with E-state index in [1.54, 1.807) is 6.07 Å². The van der Waals surface area contributed by atoms with Gasteiger partial charge in [0.25, 0.3) is 5.91 Å². The maximum absolute atomic E-state index is 13.2. The summed E-state index contributed by atoms with van der Waals surface area (Å²) in [6.07, 6.45) is 0. The van der Waals surface area contributed by atoms with Crippen molar-refractivity contribution in [3.8, 4) is 0 Å². The second-order valence-electron chi connectivity index (χ2n) is 4.17. The number of carbonyl (C=O) groups excluding carboxylic acids is 1. The lowest BCUT2D eigenvalue weighted by Crippen LogP contribution is -2.23. The molecule has 0 aliphatic rings. The van der Waals surface area contributed by atoms with Crippen molar-refractivity contribution in [2.75, 3.05) is 5.73 Å². The van der Waals surface area contributed by atoms with E-state index in [2.05, 4.69) is 5.32 Å². The number of halogens is 3. The van der Waals surface area contributed by atoms with Crippen LogP contribution in [0.5, 0.6) is 0 Å². The third-order valence-corrected chi connectivity index (χ3v) is 2.68. The third-order valence-electron chi connectivity index (χ3n) is 2.68. The lowest BCUT2D eigenvalue weighted by Gasteiger charge is -2.07. The Kier molecular flexibility index (Phi) is 3.93. The molecule has 0 fully saturated rings. The second kappa shape index (κ2) is 5.64. The highest BCUT2D eigenvalue weighted by Gasteiger charge is 2.13. The maximum atomic E-state index is 13.2. The topological polar surface area (TPSA) is 55.1 Å². The quantitative estimate of drug-likeness (QED) is 0.849. The van der Waals surface area contributed by atoms with Crippen molar-refractivity contribution in [1.29, 1.82) is 0 Å². The maximum Gasteiger partial charge on any atom is 0.251 e. The Morgan fingerprint density at radius 3 is 2.35 bits per heavy atom. The van der Waals surface area contributed by atoms with Crippen molar-refractivity contribution in [2.24, 2.45) is 0 Å². The first-order valence-corrected chi connectivity index (χ1v) is 5.74. The molecule has 2 aromatic carbocycles. The van der Waals surface area contributed by atoms with E-state index >= 15 is 0 Å². The zero-order chi connectivity index (χ0) is 14.7. The lowest BCUT2D eigenvalue weighted by molar-refractivity contribution is 0.0950. The number of rotatable bonds is 3. The number of anilines is 1. The number of nitrogens with one attached hydrogen (secondary N) is 1. The number of nitrogen functional groups attached to an aromatic ring is 1. The van der Waals surface area contributed by atoms with E-state index < -0.39 is 29.0 Å². The Balaban J connectivity index is 2.09. The zero-order valence-electron chi connectivity index (χ0n) is 10.3. The first-order valence-electron chi connectivity index (χ1n) is 5.74. The van der Waals surface area contributed by atoms with E-state index in [9.17, 15) is 18.0 Å². The summed E-state index contributed by atoms with van der Waals surface area (Å²) in [5, 5.41) is 2.44. The minimum Gasteiger partial charge on any atom is -0.394 e. The smallest absolute Gasteiger partial charge is 0.251 e. The molecule has 0 saturated carbocycles. The van der Waals surface area contributed by atoms with Crippen LogP contribution in [0.1, 0.15) is 15.9 Å². The summed E-state index contributed by atoms with van der Waals surface area (Å²) < 4.78 is 39.4. The van der Waals surface area contributed by atoms with Gasteiger partial charge in [0.1, 0.15) is 23.1 Å². The molecule has 20 heavy (non-hydrogen) atoms. The van der Waals surface area contributed by atoms with Gasteiger partial charge in [-0.1, -0.05) is 12.1 Å². The van der Waals surface area contributed by atoms with Crippen LogP contribution in [-0.4, -0.2) is 5.91 Å². The van der Waals surface area contributed by atoms with Crippen LogP contribution in [0.15, 0.2) is 36.4 Å². The largest absolute Gasteiger partial charge is 0.394 e. The molecule has 104 valence electrons. The normalized spacial score (nSPS) is 10.3. The molecular weight excluding hydrogens is 269 g/mol. The Morgan fingerprint density at radius 2 is 1.75 bits per heavy atom. The molecule has 2 rings (SSSR count). The molecule has 6 heteroatoms. The van der Waals surface area contributed by atoms with Crippen LogP contribution in [0.2, 0.25) is 0 Å². The summed E-state index contributed by atoms with van der Waals surface area (Å²) >= 11 is 0. The van der Waals surface area contributed by atoms with Gasteiger partial charge in [-0.15, -0.1) is 0 Å². The lowest BCUT2D eigenvalue weighted by atomic mass is 10.1. The van der Waals surface area contributed by atoms with Crippen LogP contribution in [0, 0.1) is 17.5 Å². The fraction of sp³-hybridized carbons (Fsp3) is 0.0714. The van der Waals surface area contributed by atoms with Crippen LogP contribution in [0.25, 0.3) is 0 Å². The summed E-state index contributed by atoms with van der Waals surface area (Å²) in [5.41, 5.74) is 4.82. The Bertz CT molecular complexity index is 636. The Morgan fingerprint density at radius 1 is 1.10 bits per heavy atom. The molecule has 0 unspecified atom stereocenters. The van der Waals surface area contributed by atoms with Crippen LogP contribution in [0.3, 0.4) is 0 Å². The van der Waals surface area contributed by atoms with Crippen molar-refractivity contribution in [3.05, 3.63) is 65.0 Å². The van der Waals surface area contributed by atoms with Gasteiger partial charge in [0.2, 0.25) is 0 Å². The summed E-state index contributed by atoms with van der Waals surface area (Å²) in [6.45, 7) is 0.0458. The Hall–Kier alpha value is -2.50. The molecule has 3 N–H and O–H groups in total. The number of carbonyl (C=O) groups is 1. The molecule has 2 aromatic rings. The van der Waals surface area contributed by atoms with Gasteiger partial charge in [0, 0.05) is 12.1 Å². The first kappa shape index (κ1) is 13.9. The zero-order valence-corrected chi connectivity index (χ0v) is 10.3. The molecule has 0 heterocycles. The first-order chi connectivity index (χ1) is 9.47. The highest BCUT2D eigenvalue weighted by atomic mass is 19.1. The number of nitrogens with two attached hydrogens (primary N) is 1. The average Bonchev–Trinajstić information content (AvgIpc) is 2.41. The van der Waals surface area contributed by atoms with Crippen molar-refractivity contribution >= 4 is 11.6 Å². The number of hydrogen-bond acceptors (Lipinski definition) is 2. The molecule has 0 aromatic heterocycles. The molecule has 0 spiro atoms. The van der Waals surface area contributed by atoms with Crippen LogP contribution in [0.4, 0.5) is 18.9 Å². The molecule has 0 aliphatic heterocycles. The summed E-state index contributed by atoms with van der Waals surface area (Å²) in [7, 11) is 0. The predicted molar refractivity (Wildman–Crippen MR) is 68.3 cm³/mol. The standard InChI is InChI=1S/C14H11F3N2O/c15-10-3-1-2-8(4-10)7-19-14(20)9-5-11(16)13(18)12(17)6-9/h1-6H,7,18H2,(H,19,20). The second-order valence-corrected chi connectivity index (χ2v) is 4.17. The number of benzene rings is 2. The molecule has 0 saturated heterocycles. The van der Waals surface area contributed by atoms with Crippen molar-refractivity contribution < 1.29 is 18.0 Å². The van der Waals surface area contributed by atoms with E-state index in [0.29, 0.717) is 5.56 Å². The monoisotopic (exact) mass is 280 g/mol. The molecule has 0 radical (unpaired) electrons.